The first-order valence-corrected chi connectivity index (χ1v) is 5.97. The second-order valence-corrected chi connectivity index (χ2v) is 4.35. The third kappa shape index (κ3) is 5.92. The van der Waals surface area contributed by atoms with Crippen molar-refractivity contribution in [1.82, 2.24) is 4.90 Å². The summed E-state index contributed by atoms with van der Waals surface area (Å²) >= 11 is 5.39. The van der Waals surface area contributed by atoms with Crippen LogP contribution in [0.15, 0.2) is 0 Å². The molecule has 0 aromatic heterocycles. The molecule has 0 aromatic rings. The Hall–Kier alpha value is 0. The van der Waals surface area contributed by atoms with Gasteiger partial charge in [-0.25, -0.2) is 0 Å². The van der Waals surface area contributed by atoms with Gasteiger partial charge in [0.25, 0.3) is 0 Å². The molecule has 0 aromatic carbocycles. The Bertz CT molecular complexity index is 193. The van der Waals surface area contributed by atoms with Crippen molar-refractivity contribution in [2.75, 3.05) is 32.3 Å². The molecule has 96 valence electrons. The normalized spacial score (nSPS) is 20.2. The molecular weight excluding hydrogens is 243 g/mol. The Kier molecular flexibility index (Phi) is 5.86. The molecule has 0 bridgehead atoms. The lowest BCUT2D eigenvalue weighted by Gasteiger charge is -2.31. The molecule has 0 aliphatic carbocycles. The van der Waals surface area contributed by atoms with E-state index in [1.807, 2.05) is 4.90 Å². The zero-order valence-corrected chi connectivity index (χ0v) is 9.86. The van der Waals surface area contributed by atoms with Gasteiger partial charge in [-0.05, 0) is 31.8 Å². The zero-order chi connectivity index (χ0) is 12.0. The average molecular weight is 260 g/mol. The Morgan fingerprint density at radius 2 is 1.88 bits per heavy atom. The van der Waals surface area contributed by atoms with Crippen LogP contribution < -0.4 is 0 Å². The van der Waals surface area contributed by atoms with Crippen LogP contribution in [0.25, 0.3) is 0 Å². The topological polar surface area (TPSA) is 12.5 Å². The number of alkyl halides is 4. The first-order chi connectivity index (χ1) is 7.51. The summed E-state index contributed by atoms with van der Waals surface area (Å²) < 4.78 is 41.1. The van der Waals surface area contributed by atoms with Crippen molar-refractivity contribution in [2.24, 2.45) is 5.92 Å². The summed E-state index contributed by atoms with van der Waals surface area (Å²) in [6.45, 7) is 2.20. The largest absolute Gasteiger partial charge is 0.390 e. The van der Waals surface area contributed by atoms with E-state index in [1.165, 1.54) is 0 Å². The Labute approximate surface area is 98.7 Å². The number of hydrogen-bond donors (Lipinski definition) is 0. The second kappa shape index (κ2) is 6.67. The highest BCUT2D eigenvalue weighted by molar-refractivity contribution is 6.17. The molecule has 1 fully saturated rings. The predicted molar refractivity (Wildman–Crippen MR) is 56.5 cm³/mol. The fraction of sp³-hybridized carbons (Fsp3) is 1.00. The summed E-state index contributed by atoms with van der Waals surface area (Å²) in [7, 11) is 0. The molecule has 0 N–H and O–H groups in total. The third-order valence-electron chi connectivity index (χ3n) is 2.85. The molecule has 0 radical (unpaired) electrons. The average Bonchev–Trinajstić information content (AvgIpc) is 2.24. The molecule has 0 saturated carbocycles. The van der Waals surface area contributed by atoms with Gasteiger partial charge in [-0.3, -0.25) is 0 Å². The van der Waals surface area contributed by atoms with Crippen molar-refractivity contribution in [3.63, 3.8) is 0 Å². The first kappa shape index (κ1) is 14.1. The van der Waals surface area contributed by atoms with Crippen molar-refractivity contribution >= 4 is 11.6 Å². The third-order valence-corrected chi connectivity index (χ3v) is 3.00. The molecule has 0 atom stereocenters. The highest BCUT2D eigenvalue weighted by atomic mass is 35.5. The molecule has 1 saturated heterocycles. The predicted octanol–water partition coefficient (Wildman–Crippen LogP) is 2.86. The number of piperidine rings is 1. The van der Waals surface area contributed by atoms with Gasteiger partial charge >= 0.3 is 6.18 Å². The summed E-state index contributed by atoms with van der Waals surface area (Å²) in [4.78, 5) is 1.87. The number of hydrogen-bond acceptors (Lipinski definition) is 2. The van der Waals surface area contributed by atoms with Gasteiger partial charge in [-0.1, -0.05) is 11.6 Å². The SMILES string of the molecule is FC(F)(F)CCN1CCC(COCCl)CC1. The van der Waals surface area contributed by atoms with E-state index in [0.717, 1.165) is 25.9 Å². The zero-order valence-electron chi connectivity index (χ0n) is 9.10. The van der Waals surface area contributed by atoms with E-state index in [1.54, 1.807) is 0 Å². The van der Waals surface area contributed by atoms with Crippen LogP contribution in [-0.2, 0) is 4.74 Å². The maximum absolute atomic E-state index is 12.0. The molecule has 2 nitrogen and oxygen atoms in total. The van der Waals surface area contributed by atoms with E-state index in [4.69, 9.17) is 16.3 Å². The quantitative estimate of drug-likeness (QED) is 0.704. The monoisotopic (exact) mass is 259 g/mol. The minimum Gasteiger partial charge on any atom is -0.365 e. The van der Waals surface area contributed by atoms with Crippen molar-refractivity contribution in [3.8, 4) is 0 Å². The lowest BCUT2D eigenvalue weighted by atomic mass is 9.98. The first-order valence-electron chi connectivity index (χ1n) is 5.44. The molecule has 16 heavy (non-hydrogen) atoms. The van der Waals surface area contributed by atoms with Gasteiger partial charge < -0.3 is 9.64 Å². The van der Waals surface area contributed by atoms with Crippen molar-refractivity contribution in [2.45, 2.75) is 25.4 Å². The van der Waals surface area contributed by atoms with Crippen LogP contribution in [0.5, 0.6) is 0 Å². The van der Waals surface area contributed by atoms with Gasteiger partial charge in [0.1, 0.15) is 6.07 Å². The van der Waals surface area contributed by atoms with Crippen LogP contribution in [0.3, 0.4) is 0 Å². The molecule has 1 aliphatic heterocycles. The fourth-order valence-electron chi connectivity index (χ4n) is 1.87. The van der Waals surface area contributed by atoms with E-state index < -0.39 is 12.6 Å². The summed E-state index contributed by atoms with van der Waals surface area (Å²) in [5.74, 6) is 0.445. The van der Waals surface area contributed by atoms with Crippen LogP contribution in [0, 0.1) is 5.92 Å². The van der Waals surface area contributed by atoms with E-state index in [2.05, 4.69) is 0 Å². The van der Waals surface area contributed by atoms with E-state index >= 15 is 0 Å². The molecule has 0 unspecified atom stereocenters. The lowest BCUT2D eigenvalue weighted by Crippen LogP contribution is -2.37. The molecule has 0 amide bonds. The van der Waals surface area contributed by atoms with Crippen LogP contribution in [0.1, 0.15) is 19.3 Å². The van der Waals surface area contributed by atoms with Crippen LogP contribution in [0.4, 0.5) is 13.2 Å². The molecule has 1 heterocycles. The van der Waals surface area contributed by atoms with E-state index in [9.17, 15) is 13.2 Å². The Balaban J connectivity index is 2.12. The summed E-state index contributed by atoms with van der Waals surface area (Å²) in [5, 5.41) is 0. The molecule has 1 aliphatic rings. The highest BCUT2D eigenvalue weighted by Gasteiger charge is 2.28. The van der Waals surface area contributed by atoms with Crippen molar-refractivity contribution in [3.05, 3.63) is 0 Å². The summed E-state index contributed by atoms with van der Waals surface area (Å²) in [5.41, 5.74) is 0. The smallest absolute Gasteiger partial charge is 0.365 e. The lowest BCUT2D eigenvalue weighted by molar-refractivity contribution is -0.138. The molecular formula is C10H17ClF3NO. The Morgan fingerprint density at radius 3 is 2.38 bits per heavy atom. The van der Waals surface area contributed by atoms with Gasteiger partial charge in [0.15, 0.2) is 0 Å². The second-order valence-electron chi connectivity index (χ2n) is 4.13. The summed E-state index contributed by atoms with van der Waals surface area (Å²) in [6, 6.07) is 0.189. The van der Waals surface area contributed by atoms with Crippen molar-refractivity contribution < 1.29 is 17.9 Å². The summed E-state index contributed by atoms with van der Waals surface area (Å²) in [6.07, 6.45) is -2.96. The highest BCUT2D eigenvalue weighted by Crippen LogP contribution is 2.22. The van der Waals surface area contributed by atoms with Gasteiger partial charge in [0.2, 0.25) is 0 Å². The minimum absolute atomic E-state index is 0.118. The maximum Gasteiger partial charge on any atom is 0.390 e. The van der Waals surface area contributed by atoms with Gasteiger partial charge in [-0.2, -0.15) is 13.2 Å². The number of ether oxygens (including phenoxy) is 1. The van der Waals surface area contributed by atoms with Gasteiger partial charge in [0, 0.05) is 6.54 Å². The number of halogens is 4. The van der Waals surface area contributed by atoms with Crippen LogP contribution in [-0.4, -0.2) is 43.4 Å². The minimum atomic E-state index is -4.04. The van der Waals surface area contributed by atoms with Gasteiger partial charge in [0.05, 0.1) is 13.0 Å². The maximum atomic E-state index is 12.0. The fourth-order valence-corrected chi connectivity index (χ4v) is 1.96. The number of likely N-dealkylation sites (tertiary alicyclic amines) is 1. The van der Waals surface area contributed by atoms with E-state index in [0.29, 0.717) is 12.5 Å². The van der Waals surface area contributed by atoms with Crippen LogP contribution >= 0.6 is 11.6 Å². The number of nitrogens with zero attached hydrogens (tertiary/aromatic N) is 1. The standard InChI is InChI=1S/C10H17ClF3NO/c11-8-16-7-9-1-4-15(5-2-9)6-3-10(12,13)14/h9H,1-8H2. The molecule has 6 heteroatoms. The number of rotatable bonds is 5. The Morgan fingerprint density at radius 1 is 1.25 bits per heavy atom. The molecule has 0 spiro atoms. The van der Waals surface area contributed by atoms with Crippen molar-refractivity contribution in [1.29, 1.82) is 0 Å². The van der Waals surface area contributed by atoms with Crippen LogP contribution in [0.2, 0.25) is 0 Å². The van der Waals surface area contributed by atoms with E-state index in [-0.39, 0.29) is 12.6 Å². The van der Waals surface area contributed by atoms with Gasteiger partial charge in [-0.15, -0.1) is 0 Å². The molecule has 1 rings (SSSR count).